The highest BCUT2D eigenvalue weighted by Gasteiger charge is 2.02. The summed E-state index contributed by atoms with van der Waals surface area (Å²) in [4.78, 5) is 10.6. The van der Waals surface area contributed by atoms with Gasteiger partial charge < -0.3 is 4.74 Å². The average Bonchev–Trinajstić information content (AvgIpc) is 2.16. The van der Waals surface area contributed by atoms with Crippen molar-refractivity contribution in [1.29, 1.82) is 0 Å². The highest BCUT2D eigenvalue weighted by Crippen LogP contribution is 2.19. The zero-order valence-corrected chi connectivity index (χ0v) is 9.10. The van der Waals surface area contributed by atoms with E-state index in [2.05, 4.69) is 0 Å². The number of carbonyl (C=O) groups excluding carboxylic acids is 1. The standard InChI is InChI=1S/C11H13ClO2/c1-8-3-4-9(5-6-11(12)13)7-10(8)14-2/h3-4,7H,5-6H2,1-2H3. The van der Waals surface area contributed by atoms with Crippen LogP contribution in [0.15, 0.2) is 18.2 Å². The molecule has 0 spiro atoms. The van der Waals surface area contributed by atoms with E-state index in [0.717, 1.165) is 16.9 Å². The van der Waals surface area contributed by atoms with Gasteiger partial charge in [-0.15, -0.1) is 0 Å². The molecule has 0 amide bonds. The molecule has 1 rings (SSSR count). The van der Waals surface area contributed by atoms with Crippen LogP contribution in [-0.2, 0) is 11.2 Å². The minimum absolute atomic E-state index is 0.301. The Labute approximate surface area is 88.8 Å². The number of rotatable bonds is 4. The molecule has 0 heterocycles. The molecule has 0 saturated carbocycles. The molecule has 0 N–H and O–H groups in total. The number of ether oxygens (including phenoxy) is 1. The number of carbonyl (C=O) groups is 1. The summed E-state index contributed by atoms with van der Waals surface area (Å²) < 4.78 is 5.17. The second kappa shape index (κ2) is 5.01. The molecule has 0 aliphatic heterocycles. The summed E-state index contributed by atoms with van der Waals surface area (Å²) in [5.74, 6) is 0.851. The first-order chi connectivity index (χ1) is 6.63. The Morgan fingerprint density at radius 2 is 2.21 bits per heavy atom. The van der Waals surface area contributed by atoms with Crippen LogP contribution in [0, 0.1) is 6.92 Å². The molecule has 0 saturated heterocycles. The molecule has 76 valence electrons. The predicted octanol–water partition coefficient (Wildman–Crippen LogP) is 2.70. The van der Waals surface area contributed by atoms with E-state index in [0.29, 0.717) is 12.8 Å². The maximum Gasteiger partial charge on any atom is 0.221 e. The molecule has 0 aliphatic carbocycles. The minimum atomic E-state index is -0.301. The monoisotopic (exact) mass is 212 g/mol. The predicted molar refractivity (Wildman–Crippen MR) is 56.9 cm³/mol. The molecule has 0 bridgehead atoms. The van der Waals surface area contributed by atoms with E-state index < -0.39 is 0 Å². The highest BCUT2D eigenvalue weighted by molar-refractivity contribution is 6.63. The van der Waals surface area contributed by atoms with Gasteiger partial charge in [0.1, 0.15) is 5.75 Å². The molecule has 0 radical (unpaired) electrons. The Balaban J connectivity index is 2.74. The maximum absolute atomic E-state index is 10.6. The lowest BCUT2D eigenvalue weighted by Crippen LogP contribution is -1.94. The fourth-order valence-electron chi connectivity index (χ4n) is 1.26. The van der Waals surface area contributed by atoms with E-state index >= 15 is 0 Å². The SMILES string of the molecule is COc1cc(CCC(=O)Cl)ccc1C. The molecule has 0 fully saturated rings. The van der Waals surface area contributed by atoms with E-state index in [4.69, 9.17) is 16.3 Å². The number of aryl methyl sites for hydroxylation is 2. The summed E-state index contributed by atoms with van der Waals surface area (Å²) in [5.41, 5.74) is 2.16. The smallest absolute Gasteiger partial charge is 0.221 e. The van der Waals surface area contributed by atoms with Crippen LogP contribution in [0.25, 0.3) is 0 Å². The van der Waals surface area contributed by atoms with Crippen molar-refractivity contribution < 1.29 is 9.53 Å². The van der Waals surface area contributed by atoms with Gasteiger partial charge in [-0.2, -0.15) is 0 Å². The second-order valence-electron chi connectivity index (χ2n) is 3.16. The van der Waals surface area contributed by atoms with E-state index in [9.17, 15) is 4.79 Å². The van der Waals surface area contributed by atoms with Crippen molar-refractivity contribution >= 4 is 16.8 Å². The highest BCUT2D eigenvalue weighted by atomic mass is 35.5. The number of halogens is 1. The second-order valence-corrected chi connectivity index (χ2v) is 3.58. The van der Waals surface area contributed by atoms with Crippen molar-refractivity contribution in [2.45, 2.75) is 19.8 Å². The van der Waals surface area contributed by atoms with E-state index in [1.165, 1.54) is 0 Å². The number of hydrogen-bond acceptors (Lipinski definition) is 2. The van der Waals surface area contributed by atoms with E-state index in [1.54, 1.807) is 7.11 Å². The lowest BCUT2D eigenvalue weighted by atomic mass is 10.1. The molecule has 0 aromatic heterocycles. The van der Waals surface area contributed by atoms with Crippen molar-refractivity contribution in [1.82, 2.24) is 0 Å². The van der Waals surface area contributed by atoms with Gasteiger partial charge in [-0.3, -0.25) is 4.79 Å². The third-order valence-electron chi connectivity index (χ3n) is 2.08. The van der Waals surface area contributed by atoms with Crippen molar-refractivity contribution in [3.05, 3.63) is 29.3 Å². The molecular weight excluding hydrogens is 200 g/mol. The molecule has 2 nitrogen and oxygen atoms in total. The van der Waals surface area contributed by atoms with Gasteiger partial charge in [0.05, 0.1) is 7.11 Å². The van der Waals surface area contributed by atoms with Gasteiger partial charge >= 0.3 is 0 Å². The van der Waals surface area contributed by atoms with Crippen molar-refractivity contribution in [3.8, 4) is 5.75 Å². The number of benzene rings is 1. The van der Waals surface area contributed by atoms with Gasteiger partial charge in [0.15, 0.2) is 0 Å². The van der Waals surface area contributed by atoms with Crippen molar-refractivity contribution in [3.63, 3.8) is 0 Å². The summed E-state index contributed by atoms with van der Waals surface area (Å²) in [7, 11) is 1.64. The van der Waals surface area contributed by atoms with Gasteiger partial charge in [0.2, 0.25) is 5.24 Å². The van der Waals surface area contributed by atoms with Crippen molar-refractivity contribution in [2.24, 2.45) is 0 Å². The zero-order valence-electron chi connectivity index (χ0n) is 8.34. The first-order valence-corrected chi connectivity index (χ1v) is 4.83. The fourth-order valence-corrected chi connectivity index (χ4v) is 1.36. The Kier molecular flexibility index (Phi) is 3.96. The van der Waals surface area contributed by atoms with E-state index in [1.807, 2.05) is 25.1 Å². The third kappa shape index (κ3) is 3.04. The lowest BCUT2D eigenvalue weighted by Gasteiger charge is -2.06. The molecule has 0 atom stereocenters. The van der Waals surface area contributed by atoms with Gasteiger partial charge in [-0.1, -0.05) is 12.1 Å². The minimum Gasteiger partial charge on any atom is -0.496 e. The first kappa shape index (κ1) is 11.1. The van der Waals surface area contributed by atoms with Crippen LogP contribution in [0.4, 0.5) is 0 Å². The van der Waals surface area contributed by atoms with Crippen LogP contribution >= 0.6 is 11.6 Å². The molecule has 1 aromatic rings. The summed E-state index contributed by atoms with van der Waals surface area (Å²) in [6, 6.07) is 5.90. The van der Waals surface area contributed by atoms with Crippen LogP contribution in [0.2, 0.25) is 0 Å². The topological polar surface area (TPSA) is 26.3 Å². The van der Waals surface area contributed by atoms with Crippen LogP contribution in [0.3, 0.4) is 0 Å². The average molecular weight is 213 g/mol. The van der Waals surface area contributed by atoms with Gasteiger partial charge in [-0.25, -0.2) is 0 Å². The maximum atomic E-state index is 10.6. The lowest BCUT2D eigenvalue weighted by molar-refractivity contribution is -0.111. The molecule has 14 heavy (non-hydrogen) atoms. The van der Waals surface area contributed by atoms with Crippen LogP contribution in [-0.4, -0.2) is 12.4 Å². The molecular formula is C11H13ClO2. The molecule has 1 aromatic carbocycles. The van der Waals surface area contributed by atoms with Gasteiger partial charge in [0.25, 0.3) is 0 Å². The van der Waals surface area contributed by atoms with Gasteiger partial charge in [0, 0.05) is 6.42 Å². The summed E-state index contributed by atoms with van der Waals surface area (Å²) >= 11 is 5.26. The van der Waals surface area contributed by atoms with Gasteiger partial charge in [-0.05, 0) is 42.1 Å². The van der Waals surface area contributed by atoms with Crippen LogP contribution in [0.5, 0.6) is 5.75 Å². The summed E-state index contributed by atoms with van der Waals surface area (Å²) in [6.07, 6.45) is 1.03. The Hall–Kier alpha value is -1.02. The Bertz CT molecular complexity index is 334. The number of methoxy groups -OCH3 is 1. The third-order valence-corrected chi connectivity index (χ3v) is 2.27. The van der Waals surface area contributed by atoms with Crippen molar-refractivity contribution in [2.75, 3.05) is 7.11 Å². The summed E-state index contributed by atoms with van der Waals surface area (Å²) in [6.45, 7) is 1.98. The fraction of sp³-hybridized carbons (Fsp3) is 0.364. The first-order valence-electron chi connectivity index (χ1n) is 4.45. The largest absolute Gasteiger partial charge is 0.496 e. The zero-order chi connectivity index (χ0) is 10.6. The van der Waals surface area contributed by atoms with Crippen LogP contribution in [0.1, 0.15) is 17.5 Å². The molecule has 0 aliphatic rings. The molecule has 3 heteroatoms. The van der Waals surface area contributed by atoms with Crippen LogP contribution < -0.4 is 4.74 Å². The van der Waals surface area contributed by atoms with E-state index in [-0.39, 0.29) is 5.24 Å². The Morgan fingerprint density at radius 1 is 1.50 bits per heavy atom. The normalized spacial score (nSPS) is 9.93. The quantitative estimate of drug-likeness (QED) is 0.718. The Morgan fingerprint density at radius 3 is 2.79 bits per heavy atom. The number of hydrogen-bond donors (Lipinski definition) is 0. The summed E-state index contributed by atoms with van der Waals surface area (Å²) in [5, 5.41) is -0.301. The molecule has 0 unspecified atom stereocenters.